The third-order valence-electron chi connectivity index (χ3n) is 6.29. The summed E-state index contributed by atoms with van der Waals surface area (Å²) in [6, 6.07) is 2.67. The number of methoxy groups -OCH3 is 2. The van der Waals surface area contributed by atoms with Gasteiger partial charge in [0.15, 0.2) is 11.5 Å². The van der Waals surface area contributed by atoms with E-state index in [-0.39, 0.29) is 42.1 Å². The molecule has 0 aromatic heterocycles. The van der Waals surface area contributed by atoms with Crippen LogP contribution in [0.1, 0.15) is 24.8 Å². The molecule has 2 amide bonds. The van der Waals surface area contributed by atoms with Crippen LogP contribution in [0, 0.1) is 0 Å². The number of nitrogens with zero attached hydrogens (tertiary/aromatic N) is 1. The summed E-state index contributed by atoms with van der Waals surface area (Å²) in [5, 5.41) is 39.4. The number of hydrogen-bond acceptors (Lipinski definition) is 12. The fourth-order valence-electron chi connectivity index (χ4n) is 4.14. The van der Waals surface area contributed by atoms with Crippen molar-refractivity contribution < 1.29 is 58.6 Å². The predicted octanol–water partition coefficient (Wildman–Crippen LogP) is -0.0768. The lowest BCUT2D eigenvalue weighted by atomic mass is 9.97. The molecule has 3 atom stereocenters. The Labute approximate surface area is 237 Å². The number of rotatable bonds is 13. The topological polar surface area (TPSA) is 235 Å². The standard InChI is InChI=1S/C25H29N3O12S/c1-38-17(9-12-6-7-15(29)16(30)8-12)22(36)40-10-13-11-41-24-25(39-2,23(37)28(24)19(13)21(34)35)27-18(31)5-3-4-14(26)20(32)33/h6-9,14,24,29-30H,3-5,10-11,26H2,1-2H3,(H,27,31)(H,32,33)(H,34,35). The number of aliphatic carboxylic acids is 2. The van der Waals surface area contributed by atoms with Crippen molar-refractivity contribution in [2.45, 2.75) is 36.4 Å². The largest absolute Gasteiger partial charge is 0.504 e. The Balaban J connectivity index is 1.71. The third kappa shape index (κ3) is 6.55. The number of thioether (sulfide) groups is 1. The van der Waals surface area contributed by atoms with Crippen molar-refractivity contribution in [3.8, 4) is 11.5 Å². The summed E-state index contributed by atoms with van der Waals surface area (Å²) in [6.45, 7) is -0.498. The quantitative estimate of drug-likeness (QED) is 0.0437. The van der Waals surface area contributed by atoms with E-state index >= 15 is 0 Å². The van der Waals surface area contributed by atoms with Gasteiger partial charge in [0.05, 0.1) is 7.11 Å². The highest BCUT2D eigenvalue weighted by Crippen LogP contribution is 2.46. The molecule has 2 aliphatic heterocycles. The Morgan fingerprint density at radius 3 is 2.51 bits per heavy atom. The molecule has 0 spiro atoms. The number of phenols is 2. The van der Waals surface area contributed by atoms with Crippen LogP contribution in [0.4, 0.5) is 0 Å². The summed E-state index contributed by atoms with van der Waals surface area (Å²) >= 11 is 1.08. The number of phenolic OH excluding ortho intramolecular Hbond substituents is 2. The van der Waals surface area contributed by atoms with Crippen LogP contribution < -0.4 is 11.1 Å². The summed E-state index contributed by atoms with van der Waals surface area (Å²) < 4.78 is 15.6. The monoisotopic (exact) mass is 595 g/mol. The first-order valence-corrected chi connectivity index (χ1v) is 13.1. The van der Waals surface area contributed by atoms with Gasteiger partial charge in [0.2, 0.25) is 11.7 Å². The molecule has 0 bridgehead atoms. The molecule has 3 unspecified atom stereocenters. The molecule has 7 N–H and O–H groups in total. The Morgan fingerprint density at radius 2 is 1.93 bits per heavy atom. The summed E-state index contributed by atoms with van der Waals surface area (Å²) in [5.74, 6) is -6.13. The van der Waals surface area contributed by atoms with Crippen molar-refractivity contribution in [1.29, 1.82) is 0 Å². The van der Waals surface area contributed by atoms with Gasteiger partial charge in [-0.2, -0.15) is 0 Å². The van der Waals surface area contributed by atoms with Crippen LogP contribution in [0.5, 0.6) is 11.5 Å². The minimum Gasteiger partial charge on any atom is -0.504 e. The smallest absolute Gasteiger partial charge is 0.373 e. The van der Waals surface area contributed by atoms with E-state index in [2.05, 4.69) is 5.32 Å². The van der Waals surface area contributed by atoms with Gasteiger partial charge in [0.1, 0.15) is 23.7 Å². The second kappa shape index (κ2) is 12.9. The first-order valence-electron chi connectivity index (χ1n) is 12.1. The highest BCUT2D eigenvalue weighted by atomic mass is 32.2. The zero-order valence-electron chi connectivity index (χ0n) is 22.0. The molecular weight excluding hydrogens is 566 g/mol. The van der Waals surface area contributed by atoms with Gasteiger partial charge in [-0.25, -0.2) is 9.59 Å². The van der Waals surface area contributed by atoms with Crippen LogP contribution >= 0.6 is 11.8 Å². The number of benzene rings is 1. The lowest BCUT2D eigenvalue weighted by Crippen LogP contribution is -2.80. The maximum atomic E-state index is 13.2. The predicted molar refractivity (Wildman–Crippen MR) is 141 cm³/mol. The number of fused-ring (bicyclic) bond motifs is 1. The van der Waals surface area contributed by atoms with Crippen LogP contribution in [-0.4, -0.2) is 98.8 Å². The van der Waals surface area contributed by atoms with E-state index in [1.54, 1.807) is 0 Å². The highest BCUT2D eigenvalue weighted by Gasteiger charge is 2.66. The van der Waals surface area contributed by atoms with Crippen molar-refractivity contribution in [3.05, 3.63) is 40.8 Å². The van der Waals surface area contributed by atoms with Crippen LogP contribution in [0.2, 0.25) is 0 Å². The number of aromatic hydroxyl groups is 2. The maximum absolute atomic E-state index is 13.2. The number of β-lactam (4-membered cyclic amide) rings is 1. The average molecular weight is 596 g/mol. The molecule has 2 aliphatic rings. The molecule has 1 saturated heterocycles. The number of amides is 2. The maximum Gasteiger partial charge on any atom is 0.373 e. The zero-order chi connectivity index (χ0) is 30.5. The number of carbonyl (C=O) groups excluding carboxylic acids is 3. The van der Waals surface area contributed by atoms with Crippen LogP contribution in [0.3, 0.4) is 0 Å². The van der Waals surface area contributed by atoms with E-state index in [1.807, 2.05) is 0 Å². The summed E-state index contributed by atoms with van der Waals surface area (Å²) in [6.07, 6.45) is 1.27. The van der Waals surface area contributed by atoms with Gasteiger partial charge in [0, 0.05) is 24.9 Å². The molecule has 41 heavy (non-hydrogen) atoms. The Kier molecular flexibility index (Phi) is 9.85. The van der Waals surface area contributed by atoms with E-state index in [0.29, 0.717) is 5.56 Å². The number of carboxylic acids is 2. The minimum atomic E-state index is -1.85. The summed E-state index contributed by atoms with van der Waals surface area (Å²) in [7, 11) is 2.39. The average Bonchev–Trinajstić information content (AvgIpc) is 2.94. The molecule has 16 heteroatoms. The molecule has 0 aliphatic carbocycles. The SMILES string of the molecule is COC(=Cc1ccc(O)c(O)c1)C(=O)OCC1=C(C(=O)O)N2C(=O)C(NC(=O)CCCC(N)C(=O)O)(OC)C2SC1. The Bertz CT molecular complexity index is 1310. The van der Waals surface area contributed by atoms with Gasteiger partial charge in [-0.3, -0.25) is 19.3 Å². The fraction of sp³-hybridized carbons (Fsp3) is 0.400. The van der Waals surface area contributed by atoms with Crippen LogP contribution in [-0.2, 0) is 38.2 Å². The van der Waals surface area contributed by atoms with Gasteiger partial charge < -0.3 is 45.7 Å². The highest BCUT2D eigenvalue weighted by molar-refractivity contribution is 8.00. The van der Waals surface area contributed by atoms with Gasteiger partial charge in [-0.05, 0) is 36.6 Å². The summed E-state index contributed by atoms with van der Waals surface area (Å²) in [5.41, 5.74) is 3.58. The van der Waals surface area contributed by atoms with Crippen molar-refractivity contribution in [1.82, 2.24) is 10.2 Å². The minimum absolute atomic E-state index is 0.00959. The first kappa shape index (κ1) is 31.3. The van der Waals surface area contributed by atoms with Crippen molar-refractivity contribution in [2.75, 3.05) is 26.6 Å². The number of esters is 1. The molecule has 1 aromatic rings. The van der Waals surface area contributed by atoms with Gasteiger partial charge in [-0.1, -0.05) is 6.07 Å². The van der Waals surface area contributed by atoms with E-state index in [9.17, 15) is 39.3 Å². The van der Waals surface area contributed by atoms with Gasteiger partial charge >= 0.3 is 17.9 Å². The second-order valence-electron chi connectivity index (χ2n) is 8.96. The lowest BCUT2D eigenvalue weighted by molar-refractivity contribution is -0.192. The fourth-order valence-corrected chi connectivity index (χ4v) is 5.56. The van der Waals surface area contributed by atoms with E-state index < -0.39 is 64.9 Å². The second-order valence-corrected chi connectivity index (χ2v) is 10.0. The zero-order valence-corrected chi connectivity index (χ0v) is 22.8. The molecule has 2 heterocycles. The lowest BCUT2D eigenvalue weighted by Gasteiger charge is -2.55. The van der Waals surface area contributed by atoms with Crippen molar-refractivity contribution >= 4 is 47.6 Å². The molecule has 0 radical (unpaired) electrons. The summed E-state index contributed by atoms with van der Waals surface area (Å²) in [4.78, 5) is 62.2. The molecule has 1 fully saturated rings. The number of ether oxygens (including phenoxy) is 3. The molecular formula is C25H29N3O12S. The van der Waals surface area contributed by atoms with E-state index in [4.69, 9.17) is 25.1 Å². The number of carboxylic acid groups (broad SMARTS) is 2. The van der Waals surface area contributed by atoms with Gasteiger partial charge in [-0.15, -0.1) is 11.8 Å². The third-order valence-corrected chi connectivity index (χ3v) is 7.67. The van der Waals surface area contributed by atoms with E-state index in [0.717, 1.165) is 16.7 Å². The molecule has 222 valence electrons. The molecule has 3 rings (SSSR count). The molecule has 15 nitrogen and oxygen atoms in total. The molecule has 0 saturated carbocycles. The van der Waals surface area contributed by atoms with E-state index in [1.165, 1.54) is 38.5 Å². The van der Waals surface area contributed by atoms with Crippen molar-refractivity contribution in [3.63, 3.8) is 0 Å². The normalized spacial score (nSPS) is 21.0. The van der Waals surface area contributed by atoms with Crippen LogP contribution in [0.25, 0.3) is 6.08 Å². The van der Waals surface area contributed by atoms with Gasteiger partial charge in [0.25, 0.3) is 11.6 Å². The number of nitrogens with two attached hydrogens (primary N) is 1. The first-order chi connectivity index (χ1) is 19.4. The number of carbonyl (C=O) groups is 5. The van der Waals surface area contributed by atoms with Crippen molar-refractivity contribution in [2.24, 2.45) is 5.73 Å². The number of hydrogen-bond donors (Lipinski definition) is 6. The molecule has 1 aromatic carbocycles. The number of nitrogens with one attached hydrogen (secondary N) is 1. The Morgan fingerprint density at radius 1 is 1.22 bits per heavy atom. The Hall–Kier alpha value is -4.28. The van der Waals surface area contributed by atoms with Crippen LogP contribution in [0.15, 0.2) is 35.2 Å².